The molecule has 1 aromatic carbocycles. The molecular weight excluding hydrogens is 210 g/mol. The van der Waals surface area contributed by atoms with Gasteiger partial charge in [-0.25, -0.2) is 0 Å². The Labute approximate surface area is 98.8 Å². The summed E-state index contributed by atoms with van der Waals surface area (Å²) in [4.78, 5) is 11.7. The van der Waals surface area contributed by atoms with E-state index in [1.54, 1.807) is 18.3 Å². The Morgan fingerprint density at radius 2 is 1.65 bits per heavy atom. The van der Waals surface area contributed by atoms with Gasteiger partial charge >= 0.3 is 0 Å². The Hall–Kier alpha value is -2.35. The zero-order valence-electron chi connectivity index (χ0n) is 9.21. The van der Waals surface area contributed by atoms with Gasteiger partial charge < -0.3 is 4.40 Å². The minimum absolute atomic E-state index is 0.0209. The molecule has 0 saturated carbocycles. The molecule has 0 aliphatic carbocycles. The molecule has 0 saturated heterocycles. The second-order valence-corrected chi connectivity index (χ2v) is 3.94. The van der Waals surface area contributed by atoms with Crippen LogP contribution in [0.4, 0.5) is 0 Å². The van der Waals surface area contributed by atoms with Gasteiger partial charge in [0.2, 0.25) is 0 Å². The van der Waals surface area contributed by atoms with E-state index in [9.17, 15) is 4.79 Å². The molecular formula is C15H11NO. The third kappa shape index (κ3) is 1.74. The van der Waals surface area contributed by atoms with Gasteiger partial charge in [-0.3, -0.25) is 4.79 Å². The molecule has 2 heterocycles. The summed E-state index contributed by atoms with van der Waals surface area (Å²) in [6, 6.07) is 17.2. The molecule has 0 fully saturated rings. The molecule has 82 valence electrons. The van der Waals surface area contributed by atoms with Crippen molar-refractivity contribution >= 4 is 5.52 Å². The van der Waals surface area contributed by atoms with Crippen LogP contribution in [-0.4, -0.2) is 4.40 Å². The van der Waals surface area contributed by atoms with Crippen molar-refractivity contribution in [2.24, 2.45) is 0 Å². The molecule has 3 rings (SSSR count). The lowest BCUT2D eigenvalue weighted by Gasteiger charge is -2.00. The molecule has 0 unspecified atom stereocenters. The van der Waals surface area contributed by atoms with E-state index in [0.717, 1.165) is 16.6 Å². The lowest BCUT2D eigenvalue weighted by molar-refractivity contribution is 1.21. The quantitative estimate of drug-likeness (QED) is 0.619. The number of aromatic nitrogens is 1. The molecule has 2 heteroatoms. The molecule has 17 heavy (non-hydrogen) atoms. The third-order valence-corrected chi connectivity index (χ3v) is 2.83. The lowest BCUT2D eigenvalue weighted by Crippen LogP contribution is -1.90. The Bertz CT molecular complexity index is 714. The largest absolute Gasteiger partial charge is 0.323 e. The third-order valence-electron chi connectivity index (χ3n) is 2.83. The highest BCUT2D eigenvalue weighted by atomic mass is 16.1. The molecule has 0 aliphatic rings. The van der Waals surface area contributed by atoms with Gasteiger partial charge in [-0.2, -0.15) is 0 Å². The Balaban J connectivity index is 2.43. The van der Waals surface area contributed by atoms with Gasteiger partial charge in [0.1, 0.15) is 0 Å². The number of nitrogens with zero attached hydrogens (tertiary/aromatic N) is 1. The van der Waals surface area contributed by atoms with Gasteiger partial charge in [-0.1, -0.05) is 30.3 Å². The summed E-state index contributed by atoms with van der Waals surface area (Å²) in [5.41, 5.74) is 3.08. The van der Waals surface area contributed by atoms with Crippen molar-refractivity contribution < 1.29 is 0 Å². The van der Waals surface area contributed by atoms with Crippen LogP contribution in [0.1, 0.15) is 0 Å². The Morgan fingerprint density at radius 3 is 2.47 bits per heavy atom. The van der Waals surface area contributed by atoms with E-state index >= 15 is 0 Å². The highest BCUT2D eigenvalue weighted by Gasteiger charge is 2.02. The normalized spacial score (nSPS) is 10.6. The van der Waals surface area contributed by atoms with Gasteiger partial charge in [-0.15, -0.1) is 0 Å². The van der Waals surface area contributed by atoms with Crippen LogP contribution < -0.4 is 5.43 Å². The first-order valence-corrected chi connectivity index (χ1v) is 5.51. The highest BCUT2D eigenvalue weighted by molar-refractivity contribution is 5.79. The average molecular weight is 221 g/mol. The lowest BCUT2D eigenvalue weighted by atomic mass is 10.1. The topological polar surface area (TPSA) is 21.5 Å². The van der Waals surface area contributed by atoms with Crippen LogP contribution in [0.25, 0.3) is 16.6 Å². The maximum Gasteiger partial charge on any atom is 0.180 e. The van der Waals surface area contributed by atoms with Crippen molar-refractivity contribution in [2.45, 2.75) is 0 Å². The molecule has 0 amide bonds. The highest BCUT2D eigenvalue weighted by Crippen LogP contribution is 2.22. The summed E-state index contributed by atoms with van der Waals surface area (Å²) < 4.78 is 1.96. The molecule has 2 nitrogen and oxygen atoms in total. The fraction of sp³-hybridized carbons (Fsp3) is 0. The monoisotopic (exact) mass is 221 g/mol. The van der Waals surface area contributed by atoms with Crippen LogP contribution in [0.15, 0.2) is 71.8 Å². The van der Waals surface area contributed by atoms with E-state index < -0.39 is 0 Å². The molecule has 2 aromatic heterocycles. The molecule has 3 aromatic rings. The van der Waals surface area contributed by atoms with Crippen LogP contribution in [0.3, 0.4) is 0 Å². The van der Waals surface area contributed by atoms with Crippen molar-refractivity contribution in [1.82, 2.24) is 4.40 Å². The maximum atomic E-state index is 11.7. The first-order valence-electron chi connectivity index (χ1n) is 5.51. The number of fused-ring (bicyclic) bond motifs is 1. The van der Waals surface area contributed by atoms with Crippen molar-refractivity contribution in [3.8, 4) is 11.1 Å². The number of benzene rings is 1. The zero-order valence-corrected chi connectivity index (χ0v) is 9.21. The van der Waals surface area contributed by atoms with Gasteiger partial charge in [-0.05, 0) is 23.8 Å². The van der Waals surface area contributed by atoms with Crippen molar-refractivity contribution in [1.29, 1.82) is 0 Å². The molecule has 0 N–H and O–H groups in total. The van der Waals surface area contributed by atoms with Crippen LogP contribution in [0, 0.1) is 0 Å². The second-order valence-electron chi connectivity index (χ2n) is 3.94. The van der Waals surface area contributed by atoms with Crippen LogP contribution in [0.5, 0.6) is 0 Å². The van der Waals surface area contributed by atoms with Crippen molar-refractivity contribution in [2.75, 3.05) is 0 Å². The summed E-state index contributed by atoms with van der Waals surface area (Å²) in [6.45, 7) is 0. The minimum atomic E-state index is 0.0209. The summed E-state index contributed by atoms with van der Waals surface area (Å²) in [5.74, 6) is 0. The standard InChI is InChI=1S/C15H11NO/c17-13-8-10-16-9-4-7-15(16)14(11-13)12-5-2-1-3-6-12/h1-11H. The molecule has 0 bridgehead atoms. The predicted octanol–water partition coefficient (Wildman–Crippen LogP) is 2.97. The van der Waals surface area contributed by atoms with E-state index in [2.05, 4.69) is 0 Å². The Kier molecular flexibility index (Phi) is 2.26. The Morgan fingerprint density at radius 1 is 0.824 bits per heavy atom. The number of rotatable bonds is 1. The molecule has 0 aliphatic heterocycles. The van der Waals surface area contributed by atoms with Gasteiger partial charge in [0.05, 0.1) is 5.52 Å². The fourth-order valence-electron chi connectivity index (χ4n) is 2.02. The molecule has 0 atom stereocenters. The maximum absolute atomic E-state index is 11.7. The minimum Gasteiger partial charge on any atom is -0.323 e. The van der Waals surface area contributed by atoms with E-state index in [0.29, 0.717) is 0 Å². The van der Waals surface area contributed by atoms with E-state index in [-0.39, 0.29) is 5.43 Å². The van der Waals surface area contributed by atoms with Crippen LogP contribution >= 0.6 is 0 Å². The second kappa shape index (κ2) is 3.91. The van der Waals surface area contributed by atoms with Crippen LogP contribution in [0.2, 0.25) is 0 Å². The molecule has 0 radical (unpaired) electrons. The first kappa shape index (κ1) is 9.85. The summed E-state index contributed by atoms with van der Waals surface area (Å²) in [7, 11) is 0. The summed E-state index contributed by atoms with van der Waals surface area (Å²) in [6.07, 6.45) is 3.74. The predicted molar refractivity (Wildman–Crippen MR) is 69.1 cm³/mol. The zero-order chi connectivity index (χ0) is 11.7. The fourth-order valence-corrected chi connectivity index (χ4v) is 2.02. The van der Waals surface area contributed by atoms with Gasteiger partial charge in [0, 0.05) is 24.0 Å². The first-order chi connectivity index (χ1) is 8.34. The smallest absolute Gasteiger partial charge is 0.180 e. The van der Waals surface area contributed by atoms with E-state index in [1.165, 1.54) is 0 Å². The molecule has 0 spiro atoms. The number of hydrogen-bond acceptors (Lipinski definition) is 1. The number of hydrogen-bond donors (Lipinski definition) is 0. The van der Waals surface area contributed by atoms with E-state index in [4.69, 9.17) is 0 Å². The summed E-state index contributed by atoms with van der Waals surface area (Å²) in [5, 5.41) is 0. The van der Waals surface area contributed by atoms with Gasteiger partial charge in [0.25, 0.3) is 0 Å². The SMILES string of the molecule is O=c1ccn2cccc2c(-c2ccccc2)c1. The van der Waals surface area contributed by atoms with Crippen LogP contribution in [-0.2, 0) is 0 Å². The summed E-state index contributed by atoms with van der Waals surface area (Å²) >= 11 is 0. The van der Waals surface area contributed by atoms with Crippen molar-refractivity contribution in [3.05, 3.63) is 77.2 Å². The van der Waals surface area contributed by atoms with Gasteiger partial charge in [0.15, 0.2) is 5.43 Å². The van der Waals surface area contributed by atoms with E-state index in [1.807, 2.05) is 53.1 Å². The average Bonchev–Trinajstić information content (AvgIpc) is 2.77. The van der Waals surface area contributed by atoms with Crippen molar-refractivity contribution in [3.63, 3.8) is 0 Å².